The highest BCUT2D eigenvalue weighted by atomic mass is 35.5. The Morgan fingerprint density at radius 3 is 2.80 bits per heavy atom. The van der Waals surface area contributed by atoms with Crippen molar-refractivity contribution < 1.29 is 4.79 Å². The molecular weight excluding hydrogens is 416 g/mol. The number of hydrogen-bond acceptors (Lipinski definition) is 5. The summed E-state index contributed by atoms with van der Waals surface area (Å²) in [5.74, 6) is 0.842. The molecule has 2 aromatic carbocycles. The number of piperidine rings is 1. The van der Waals surface area contributed by atoms with Crippen molar-refractivity contribution in [2.24, 2.45) is 5.92 Å². The molecule has 2 heterocycles. The van der Waals surface area contributed by atoms with Crippen LogP contribution in [-0.4, -0.2) is 29.0 Å². The van der Waals surface area contributed by atoms with E-state index in [1.165, 1.54) is 0 Å². The molecule has 0 spiro atoms. The number of amides is 1. The summed E-state index contributed by atoms with van der Waals surface area (Å²) in [4.78, 5) is 25.2. The normalized spacial score (nSPS) is 16.3. The van der Waals surface area contributed by atoms with Crippen LogP contribution in [0.4, 0.5) is 5.82 Å². The van der Waals surface area contributed by atoms with Gasteiger partial charge in [-0.2, -0.15) is 0 Å². The highest BCUT2D eigenvalue weighted by Crippen LogP contribution is 2.33. The number of nitrogens with zero attached hydrogens (tertiary/aromatic N) is 3. The molecule has 1 unspecified atom stereocenters. The predicted octanol–water partition coefficient (Wildman–Crippen LogP) is 4.81. The summed E-state index contributed by atoms with van der Waals surface area (Å²) < 4.78 is 0. The minimum absolute atomic E-state index is 0.0702. The molecule has 30 heavy (non-hydrogen) atoms. The van der Waals surface area contributed by atoms with Crippen molar-refractivity contribution in [2.75, 3.05) is 18.0 Å². The molecule has 0 aliphatic carbocycles. The molecule has 4 rings (SSSR count). The van der Waals surface area contributed by atoms with Crippen molar-refractivity contribution in [3.63, 3.8) is 0 Å². The van der Waals surface area contributed by atoms with Gasteiger partial charge in [0.25, 0.3) is 0 Å². The fourth-order valence-electron chi connectivity index (χ4n) is 3.57. The van der Waals surface area contributed by atoms with Gasteiger partial charge in [0.2, 0.25) is 5.91 Å². The minimum atomic E-state index is -0.0745. The molecule has 1 saturated heterocycles. The standard InChI is InChI=1S/C23H23ClN4OS/c24-19-8-4-6-17(14-19)15-27-22(29)18-7-5-13-28(16-18)21-23(26-12-11-25-21)30-20-9-2-1-3-10-20/h1-4,6,8-12,14,18H,5,7,13,15-16H2,(H,27,29). The Morgan fingerprint density at radius 2 is 1.97 bits per heavy atom. The molecule has 1 fully saturated rings. The van der Waals surface area contributed by atoms with E-state index in [-0.39, 0.29) is 11.8 Å². The van der Waals surface area contributed by atoms with Crippen LogP contribution in [0, 0.1) is 5.92 Å². The molecule has 7 heteroatoms. The Morgan fingerprint density at radius 1 is 1.13 bits per heavy atom. The summed E-state index contributed by atoms with van der Waals surface area (Å²) in [5, 5.41) is 4.60. The van der Waals surface area contributed by atoms with Gasteiger partial charge in [-0.1, -0.05) is 53.7 Å². The van der Waals surface area contributed by atoms with Gasteiger partial charge in [0.05, 0.1) is 5.92 Å². The Labute approximate surface area is 185 Å². The van der Waals surface area contributed by atoms with Crippen molar-refractivity contribution in [1.29, 1.82) is 0 Å². The van der Waals surface area contributed by atoms with Crippen LogP contribution in [0.5, 0.6) is 0 Å². The van der Waals surface area contributed by atoms with Crippen molar-refractivity contribution in [3.8, 4) is 0 Å². The molecule has 1 atom stereocenters. The largest absolute Gasteiger partial charge is 0.354 e. The molecule has 1 aliphatic rings. The summed E-state index contributed by atoms with van der Waals surface area (Å²) in [6, 6.07) is 17.7. The molecule has 1 aromatic heterocycles. The van der Waals surface area contributed by atoms with Crippen molar-refractivity contribution >= 4 is 35.1 Å². The number of carbonyl (C=O) groups excluding carboxylic acids is 1. The Hall–Kier alpha value is -2.57. The van der Waals surface area contributed by atoms with E-state index in [4.69, 9.17) is 11.6 Å². The smallest absolute Gasteiger partial charge is 0.225 e. The average molecular weight is 439 g/mol. The number of hydrogen-bond donors (Lipinski definition) is 1. The zero-order valence-electron chi connectivity index (χ0n) is 16.5. The third-order valence-corrected chi connectivity index (χ3v) is 6.28. The van der Waals surface area contributed by atoms with Gasteiger partial charge >= 0.3 is 0 Å². The molecular formula is C23H23ClN4OS. The molecule has 5 nitrogen and oxygen atoms in total. The molecule has 0 bridgehead atoms. The van der Waals surface area contributed by atoms with Crippen molar-refractivity contribution in [2.45, 2.75) is 29.3 Å². The first-order chi connectivity index (χ1) is 14.7. The first-order valence-corrected chi connectivity index (χ1v) is 11.2. The zero-order chi connectivity index (χ0) is 20.8. The minimum Gasteiger partial charge on any atom is -0.354 e. The topological polar surface area (TPSA) is 58.1 Å². The van der Waals surface area contributed by atoms with E-state index in [9.17, 15) is 4.79 Å². The lowest BCUT2D eigenvalue weighted by Crippen LogP contribution is -2.43. The Bertz CT molecular complexity index is 1000. The lowest BCUT2D eigenvalue weighted by molar-refractivity contribution is -0.125. The second-order valence-corrected chi connectivity index (χ2v) is 8.73. The monoisotopic (exact) mass is 438 g/mol. The van der Waals surface area contributed by atoms with Gasteiger partial charge in [0.1, 0.15) is 5.03 Å². The lowest BCUT2D eigenvalue weighted by atomic mass is 9.97. The van der Waals surface area contributed by atoms with Gasteiger partial charge in [0, 0.05) is 41.9 Å². The van der Waals surface area contributed by atoms with Crippen LogP contribution < -0.4 is 10.2 Å². The number of halogens is 1. The number of carbonyl (C=O) groups is 1. The van der Waals surface area contributed by atoms with Crippen LogP contribution in [0.15, 0.2) is 76.9 Å². The molecule has 154 valence electrons. The van der Waals surface area contributed by atoms with Crippen LogP contribution in [0.3, 0.4) is 0 Å². The maximum absolute atomic E-state index is 12.8. The van der Waals surface area contributed by atoms with Gasteiger partial charge < -0.3 is 10.2 Å². The van der Waals surface area contributed by atoms with E-state index in [1.54, 1.807) is 24.2 Å². The summed E-state index contributed by atoms with van der Waals surface area (Å²) in [6.07, 6.45) is 5.25. The van der Waals surface area contributed by atoms with Crippen LogP contribution in [0.1, 0.15) is 18.4 Å². The highest BCUT2D eigenvalue weighted by Gasteiger charge is 2.28. The third kappa shape index (κ3) is 5.32. The second-order valence-electron chi connectivity index (χ2n) is 7.23. The van der Waals surface area contributed by atoms with E-state index in [0.717, 1.165) is 40.7 Å². The van der Waals surface area contributed by atoms with E-state index in [2.05, 4.69) is 32.3 Å². The molecule has 0 radical (unpaired) electrons. The van der Waals surface area contributed by atoms with Gasteiger partial charge in [-0.3, -0.25) is 4.79 Å². The van der Waals surface area contributed by atoms with Gasteiger partial charge in [-0.25, -0.2) is 9.97 Å². The molecule has 1 amide bonds. The number of rotatable bonds is 6. The zero-order valence-corrected chi connectivity index (χ0v) is 18.1. The Balaban J connectivity index is 1.42. The first-order valence-electron chi connectivity index (χ1n) is 10.00. The quantitative estimate of drug-likeness (QED) is 0.598. The van der Waals surface area contributed by atoms with Gasteiger partial charge in [0.15, 0.2) is 5.82 Å². The van der Waals surface area contributed by atoms with E-state index < -0.39 is 0 Å². The van der Waals surface area contributed by atoms with Crippen LogP contribution >= 0.6 is 23.4 Å². The molecule has 1 N–H and O–H groups in total. The summed E-state index contributed by atoms with van der Waals surface area (Å²) >= 11 is 7.63. The highest BCUT2D eigenvalue weighted by molar-refractivity contribution is 7.99. The number of nitrogens with one attached hydrogen (secondary N) is 1. The molecule has 1 aliphatic heterocycles. The summed E-state index contributed by atoms with van der Waals surface area (Å²) in [5.41, 5.74) is 0.999. The van der Waals surface area contributed by atoms with Crippen LogP contribution in [0.25, 0.3) is 0 Å². The fraction of sp³-hybridized carbons (Fsp3) is 0.261. The maximum Gasteiger partial charge on any atom is 0.225 e. The molecule has 0 saturated carbocycles. The first kappa shape index (κ1) is 20.7. The van der Waals surface area contributed by atoms with Crippen LogP contribution in [0.2, 0.25) is 5.02 Å². The van der Waals surface area contributed by atoms with Gasteiger partial charge in [-0.15, -0.1) is 0 Å². The maximum atomic E-state index is 12.8. The van der Waals surface area contributed by atoms with E-state index in [1.807, 2.05) is 42.5 Å². The average Bonchev–Trinajstić information content (AvgIpc) is 2.79. The van der Waals surface area contributed by atoms with E-state index >= 15 is 0 Å². The van der Waals surface area contributed by atoms with Crippen LogP contribution in [-0.2, 0) is 11.3 Å². The number of benzene rings is 2. The number of aromatic nitrogens is 2. The van der Waals surface area contributed by atoms with Crippen molar-refractivity contribution in [3.05, 3.63) is 77.6 Å². The molecule has 3 aromatic rings. The van der Waals surface area contributed by atoms with Gasteiger partial charge in [-0.05, 0) is 42.7 Å². The van der Waals surface area contributed by atoms with E-state index in [0.29, 0.717) is 18.1 Å². The second kappa shape index (κ2) is 9.96. The fourth-order valence-corrected chi connectivity index (χ4v) is 4.69. The summed E-state index contributed by atoms with van der Waals surface area (Å²) in [7, 11) is 0. The predicted molar refractivity (Wildman–Crippen MR) is 121 cm³/mol. The third-order valence-electron chi connectivity index (χ3n) is 5.05. The SMILES string of the molecule is O=C(NCc1cccc(Cl)c1)C1CCCN(c2nccnc2Sc2ccccc2)C1. The van der Waals surface area contributed by atoms with Crippen molar-refractivity contribution in [1.82, 2.24) is 15.3 Å². The summed E-state index contributed by atoms with van der Waals surface area (Å²) in [6.45, 7) is 2.00. The number of anilines is 1. The Kier molecular flexibility index (Phi) is 6.87. The lowest BCUT2D eigenvalue weighted by Gasteiger charge is -2.33.